The molecule has 0 spiro atoms. The number of hydrogen-bond donors (Lipinski definition) is 0. The molecule has 1 aliphatic rings. The molecule has 0 N–H and O–H groups in total. The van der Waals surface area contributed by atoms with E-state index in [1.807, 2.05) is 0 Å². The van der Waals surface area contributed by atoms with Gasteiger partial charge in [0.2, 0.25) is 0 Å². The third-order valence-corrected chi connectivity index (χ3v) is 19.5. The zero-order valence-corrected chi connectivity index (χ0v) is 28.5. The van der Waals surface area contributed by atoms with E-state index < -0.39 is 21.6 Å². The van der Waals surface area contributed by atoms with Crippen molar-refractivity contribution in [2.45, 2.75) is 116 Å². The molecular formula is C29H52N2O6Si2. The molecule has 0 bridgehead atoms. The van der Waals surface area contributed by atoms with Gasteiger partial charge in [0.25, 0.3) is 19.9 Å². The highest BCUT2D eigenvalue weighted by molar-refractivity contribution is 6.78. The van der Waals surface area contributed by atoms with Gasteiger partial charge in [-0.2, -0.15) is 0 Å². The van der Waals surface area contributed by atoms with E-state index in [1.54, 1.807) is 4.90 Å². The number of hydrogen-bond acceptors (Lipinski definition) is 6. The Morgan fingerprint density at radius 1 is 1.08 bits per heavy atom. The van der Waals surface area contributed by atoms with Crippen molar-refractivity contribution in [2.24, 2.45) is 5.92 Å². The Bertz CT molecular complexity index is 1010. The van der Waals surface area contributed by atoms with E-state index in [1.165, 1.54) is 19.2 Å². The minimum atomic E-state index is -2.42. The number of carbonyl (C=O) groups excluding carboxylic acids is 1. The van der Waals surface area contributed by atoms with E-state index in [9.17, 15) is 14.9 Å². The molecule has 1 saturated heterocycles. The number of nitro groups is 1. The Kier molecular flexibility index (Phi) is 10.5. The van der Waals surface area contributed by atoms with Gasteiger partial charge in [-0.1, -0.05) is 69.2 Å². The molecule has 1 aromatic carbocycles. The fraction of sp³-hybridized carbons (Fsp3) is 0.759. The molecule has 0 saturated carbocycles. The maximum Gasteiger partial charge on any atom is 0.286 e. The number of nitro benzene ring substituents is 1. The zero-order chi connectivity index (χ0) is 30.1. The Hall–Kier alpha value is -1.92. The lowest BCUT2D eigenvalue weighted by Gasteiger charge is -2.42. The molecule has 1 amide bonds. The summed E-state index contributed by atoms with van der Waals surface area (Å²) < 4.78 is 18.9. The normalized spacial score (nSPS) is 18.8. The van der Waals surface area contributed by atoms with Gasteiger partial charge in [-0.15, -0.1) is 0 Å². The topological polar surface area (TPSA) is 91.1 Å². The van der Waals surface area contributed by atoms with E-state index in [0.717, 1.165) is 6.42 Å². The Labute approximate surface area is 238 Å². The van der Waals surface area contributed by atoms with Gasteiger partial charge < -0.3 is 18.5 Å². The van der Waals surface area contributed by atoms with E-state index in [4.69, 9.17) is 13.6 Å². The second-order valence-electron chi connectivity index (χ2n) is 13.7. The lowest BCUT2D eigenvalue weighted by Crippen LogP contribution is -2.50. The number of nitrogens with zero attached hydrogens (tertiary/aromatic N) is 2. The van der Waals surface area contributed by atoms with Crippen LogP contribution in [0.15, 0.2) is 12.1 Å². The molecular weight excluding hydrogens is 528 g/mol. The third-order valence-electron chi connectivity index (χ3n) is 9.03. The van der Waals surface area contributed by atoms with Crippen LogP contribution in [0.4, 0.5) is 5.69 Å². The lowest BCUT2D eigenvalue weighted by atomic mass is 10.1. The molecule has 1 aromatic rings. The number of carbonyl (C=O) groups is 1. The highest BCUT2D eigenvalue weighted by Crippen LogP contribution is 2.46. The van der Waals surface area contributed by atoms with Crippen LogP contribution in [0.2, 0.25) is 34.8 Å². The summed E-state index contributed by atoms with van der Waals surface area (Å²) >= 11 is 0. The number of likely N-dealkylation sites (tertiary alicyclic amines) is 1. The summed E-state index contributed by atoms with van der Waals surface area (Å²) in [6.45, 7) is 27.0. The van der Waals surface area contributed by atoms with E-state index in [-0.39, 0.29) is 50.8 Å². The molecule has 1 heterocycles. The van der Waals surface area contributed by atoms with Crippen LogP contribution in [0.5, 0.6) is 11.5 Å². The summed E-state index contributed by atoms with van der Waals surface area (Å²) in [6, 6.07) is 2.78. The van der Waals surface area contributed by atoms with Gasteiger partial charge in [0.1, 0.15) is 5.56 Å². The molecule has 10 heteroatoms. The fourth-order valence-corrected chi connectivity index (χ4v) is 12.2. The monoisotopic (exact) mass is 580 g/mol. The van der Waals surface area contributed by atoms with Crippen molar-refractivity contribution in [3.05, 3.63) is 27.8 Å². The third kappa shape index (κ3) is 6.88. The van der Waals surface area contributed by atoms with Crippen LogP contribution >= 0.6 is 0 Å². The summed E-state index contributed by atoms with van der Waals surface area (Å²) in [5.41, 5.74) is 0.598. The molecule has 1 fully saturated rings. The highest BCUT2D eigenvalue weighted by Gasteiger charge is 2.48. The van der Waals surface area contributed by atoms with Crippen molar-refractivity contribution in [1.82, 2.24) is 4.90 Å². The van der Waals surface area contributed by atoms with Gasteiger partial charge >= 0.3 is 0 Å². The van der Waals surface area contributed by atoms with Gasteiger partial charge in [-0.05, 0) is 47.1 Å². The summed E-state index contributed by atoms with van der Waals surface area (Å²) in [5, 5.41) is 12.4. The summed E-state index contributed by atoms with van der Waals surface area (Å²) in [4.78, 5) is 27.5. The largest absolute Gasteiger partial charge is 0.540 e. The first-order valence-electron chi connectivity index (χ1n) is 14.3. The molecule has 8 nitrogen and oxygen atoms in total. The Morgan fingerprint density at radius 2 is 1.62 bits per heavy atom. The second kappa shape index (κ2) is 12.3. The highest BCUT2D eigenvalue weighted by atomic mass is 28.4. The van der Waals surface area contributed by atoms with Crippen LogP contribution in [0, 0.1) is 16.0 Å². The number of rotatable bonds is 11. The zero-order valence-electron chi connectivity index (χ0n) is 26.5. The van der Waals surface area contributed by atoms with Gasteiger partial charge in [0, 0.05) is 12.6 Å². The molecule has 2 rings (SSSR count). The molecule has 0 unspecified atom stereocenters. The smallest absolute Gasteiger partial charge is 0.286 e. The van der Waals surface area contributed by atoms with Crippen molar-refractivity contribution in [3.63, 3.8) is 0 Å². The van der Waals surface area contributed by atoms with Crippen molar-refractivity contribution in [3.8, 4) is 11.5 Å². The van der Waals surface area contributed by atoms with Gasteiger partial charge in [-0.25, -0.2) is 0 Å². The van der Waals surface area contributed by atoms with Crippen LogP contribution in [0.3, 0.4) is 0 Å². The van der Waals surface area contributed by atoms with E-state index >= 15 is 0 Å². The maximum atomic E-state index is 13.9. The first-order valence-corrected chi connectivity index (χ1v) is 19.3. The number of benzene rings is 1. The van der Waals surface area contributed by atoms with Crippen molar-refractivity contribution in [1.29, 1.82) is 0 Å². The van der Waals surface area contributed by atoms with E-state index in [0.29, 0.717) is 24.7 Å². The Balaban J connectivity index is 2.52. The standard InChI is InChI=1S/C29H52N2O6Si2/c1-19(2)39(20(3)4,21(5)6)37-27-16-25(31(33)34)24(15-26(27)35-11)28(32)30-17-22(7)14-23(30)18-36-38(12,13)29(8,9)10/h15-16,19-23H,14,17-18H2,1-13H3/t22-,23+/m1/s1. The number of ether oxygens (including phenoxy) is 1. The Morgan fingerprint density at radius 3 is 2.05 bits per heavy atom. The summed E-state index contributed by atoms with van der Waals surface area (Å²) in [6.07, 6.45) is 0.803. The van der Waals surface area contributed by atoms with Gasteiger partial charge in [0.05, 0.1) is 30.7 Å². The van der Waals surface area contributed by atoms with Gasteiger partial charge in [0.15, 0.2) is 19.8 Å². The summed E-state index contributed by atoms with van der Waals surface area (Å²) in [7, 11) is -2.92. The molecule has 2 atom stereocenters. The van der Waals surface area contributed by atoms with Crippen molar-refractivity contribution >= 4 is 28.2 Å². The van der Waals surface area contributed by atoms with Gasteiger partial charge in [-0.3, -0.25) is 14.9 Å². The quantitative estimate of drug-likeness (QED) is 0.149. The minimum Gasteiger partial charge on any atom is -0.540 e. The average Bonchev–Trinajstić information content (AvgIpc) is 3.19. The lowest BCUT2D eigenvalue weighted by molar-refractivity contribution is -0.385. The predicted octanol–water partition coefficient (Wildman–Crippen LogP) is 8.03. The first kappa shape index (κ1) is 33.3. The predicted molar refractivity (Wildman–Crippen MR) is 163 cm³/mol. The SMILES string of the molecule is COc1cc(C(=O)N2C[C@H](C)C[C@H]2CO[Si](C)(C)C(C)(C)C)c([N+](=O)[O-])cc1O[Si](C(C)C)(C(C)C)C(C)C. The minimum absolute atomic E-state index is 0.0292. The van der Waals surface area contributed by atoms with Crippen LogP contribution < -0.4 is 9.16 Å². The maximum absolute atomic E-state index is 13.9. The molecule has 0 aliphatic carbocycles. The fourth-order valence-electron chi connectivity index (χ4n) is 5.89. The molecule has 0 aromatic heterocycles. The van der Waals surface area contributed by atoms with Crippen LogP contribution in [-0.2, 0) is 4.43 Å². The van der Waals surface area contributed by atoms with Crippen LogP contribution in [-0.4, -0.2) is 58.7 Å². The van der Waals surface area contributed by atoms with Crippen molar-refractivity contribution in [2.75, 3.05) is 20.3 Å². The van der Waals surface area contributed by atoms with Crippen molar-refractivity contribution < 1.29 is 23.3 Å². The van der Waals surface area contributed by atoms with Crippen LogP contribution in [0.1, 0.15) is 86.0 Å². The number of amides is 1. The number of methoxy groups -OCH3 is 1. The average molecular weight is 581 g/mol. The van der Waals surface area contributed by atoms with Crippen LogP contribution in [0.25, 0.3) is 0 Å². The molecule has 1 aliphatic heterocycles. The first-order chi connectivity index (χ1) is 17.8. The molecule has 39 heavy (non-hydrogen) atoms. The van der Waals surface area contributed by atoms with E-state index in [2.05, 4.69) is 82.3 Å². The second-order valence-corrected chi connectivity index (χ2v) is 23.9. The molecule has 222 valence electrons. The molecule has 0 radical (unpaired) electrons. The summed E-state index contributed by atoms with van der Waals surface area (Å²) in [5.74, 6) is 0.611.